The minimum absolute atomic E-state index is 0.000575. The van der Waals surface area contributed by atoms with E-state index in [1.54, 1.807) is 62.3 Å². The minimum atomic E-state index is -5.09. The summed E-state index contributed by atoms with van der Waals surface area (Å²) in [7, 11) is 0. The van der Waals surface area contributed by atoms with Gasteiger partial charge in [-0.05, 0) is 135 Å². The van der Waals surface area contributed by atoms with Crippen molar-refractivity contribution in [2.45, 2.75) is 205 Å². The molecule has 7 unspecified atom stereocenters. The first-order valence-electron chi connectivity index (χ1n) is 19.0. The van der Waals surface area contributed by atoms with Crippen molar-refractivity contribution in [3.05, 3.63) is 12.2 Å². The van der Waals surface area contributed by atoms with E-state index in [1.807, 2.05) is 0 Å². The summed E-state index contributed by atoms with van der Waals surface area (Å²) >= 11 is 0. The summed E-state index contributed by atoms with van der Waals surface area (Å²) in [4.78, 5) is 25.9. The van der Waals surface area contributed by atoms with Gasteiger partial charge in [-0.15, -0.1) is 0 Å². The lowest BCUT2D eigenvalue weighted by molar-refractivity contribution is -0.370. The van der Waals surface area contributed by atoms with Crippen molar-refractivity contribution in [1.29, 1.82) is 0 Å². The Balaban J connectivity index is 2.37. The Morgan fingerprint density at radius 2 is 0.911 bits per heavy atom. The van der Waals surface area contributed by atoms with Crippen molar-refractivity contribution >= 4 is 11.9 Å². The van der Waals surface area contributed by atoms with E-state index in [4.69, 9.17) is 23.7 Å². The summed E-state index contributed by atoms with van der Waals surface area (Å²) in [5.41, 5.74) is -17.4. The standard InChI is InChI=1S/C40H64F6O10/c1-23(2)28(48)52-16-27(47)56-38-20-35(30(8,9)53-24(3)29(6,7)49)17-36(21-38,31(10,11)54-25(4)33(14,50)39(41,42)43)19-37(18-35,22-38)32(12,13)55-26(5)34(15,51)40(44,45)46/h24-26,49-51H,1,16-22H2,2-15H3. The molecule has 3 N–H and O–H groups in total. The second-order valence-electron chi connectivity index (χ2n) is 19.7. The fourth-order valence-corrected chi connectivity index (χ4v) is 9.62. The number of rotatable bonds is 16. The highest BCUT2D eigenvalue weighted by Gasteiger charge is 2.78. The predicted octanol–water partition coefficient (Wildman–Crippen LogP) is 7.68. The summed E-state index contributed by atoms with van der Waals surface area (Å²) in [5.74, 6) is -1.81. The number of carbonyl (C=O) groups is 2. The number of halogens is 6. The van der Waals surface area contributed by atoms with Crippen LogP contribution in [0.3, 0.4) is 0 Å². The number of hydrogen-bond acceptors (Lipinski definition) is 10. The molecule has 4 rings (SSSR count). The smallest absolute Gasteiger partial charge is 0.419 e. The van der Waals surface area contributed by atoms with E-state index in [0.717, 1.165) is 13.8 Å². The van der Waals surface area contributed by atoms with Gasteiger partial charge >= 0.3 is 24.3 Å². The first-order chi connectivity index (χ1) is 24.6. The molecule has 0 aliphatic heterocycles. The summed E-state index contributed by atoms with van der Waals surface area (Å²) < 4.78 is 116. The van der Waals surface area contributed by atoms with E-state index < -0.39 is 105 Å². The van der Waals surface area contributed by atoms with Crippen molar-refractivity contribution in [2.24, 2.45) is 16.2 Å². The monoisotopic (exact) mass is 818 g/mol. The van der Waals surface area contributed by atoms with E-state index in [1.165, 1.54) is 6.92 Å². The Labute approximate surface area is 327 Å². The Morgan fingerprint density at radius 1 is 0.607 bits per heavy atom. The quantitative estimate of drug-likeness (QED) is 0.0808. The van der Waals surface area contributed by atoms with Gasteiger partial charge in [-0.3, -0.25) is 0 Å². The molecule has 326 valence electrons. The zero-order chi connectivity index (χ0) is 43.9. The van der Waals surface area contributed by atoms with Crippen LogP contribution in [-0.4, -0.2) is 104 Å². The Hall–Kier alpha value is -1.98. The SMILES string of the molecule is C=C(C)C(=O)OCC(=O)OC12CC3(C(C)(C)OC(C)C(C)(C)O)CC(C(C)(C)OC(C)C(C)(O)C(F)(F)F)(C1)CC(C(C)(C)OC(C)C(C)(O)C(F)(F)F)(C2)C3. The van der Waals surface area contributed by atoms with Crippen LogP contribution in [0, 0.1) is 16.2 Å². The van der Waals surface area contributed by atoms with Crippen LogP contribution >= 0.6 is 0 Å². The van der Waals surface area contributed by atoms with Gasteiger partial charge in [0, 0.05) is 21.8 Å². The lowest BCUT2D eigenvalue weighted by Gasteiger charge is -2.77. The molecule has 4 saturated carbocycles. The van der Waals surface area contributed by atoms with Crippen LogP contribution in [0.1, 0.15) is 135 Å². The van der Waals surface area contributed by atoms with Crippen molar-refractivity contribution in [3.63, 3.8) is 0 Å². The molecule has 0 radical (unpaired) electrons. The number of alkyl halides is 6. The van der Waals surface area contributed by atoms with Gasteiger partial charge in [0.2, 0.25) is 0 Å². The Morgan fingerprint density at radius 3 is 1.18 bits per heavy atom. The van der Waals surface area contributed by atoms with E-state index in [2.05, 4.69) is 6.58 Å². The third-order valence-corrected chi connectivity index (χ3v) is 14.0. The van der Waals surface area contributed by atoms with Crippen molar-refractivity contribution < 1.29 is 74.9 Å². The maximum Gasteiger partial charge on any atom is 0.419 e. The fourth-order valence-electron chi connectivity index (χ4n) is 9.62. The normalized spacial score (nSPS) is 31.2. The fraction of sp³-hybridized carbons (Fsp3) is 0.900. The zero-order valence-electron chi connectivity index (χ0n) is 35.4. The van der Waals surface area contributed by atoms with Gasteiger partial charge < -0.3 is 39.0 Å². The summed E-state index contributed by atoms with van der Waals surface area (Å²) in [6.45, 7) is 22.1. The van der Waals surface area contributed by atoms with Crippen LogP contribution in [0.5, 0.6) is 0 Å². The highest BCUT2D eigenvalue weighted by molar-refractivity contribution is 5.88. The highest BCUT2D eigenvalue weighted by atomic mass is 19.4. The molecule has 7 atom stereocenters. The zero-order valence-corrected chi connectivity index (χ0v) is 35.4. The van der Waals surface area contributed by atoms with E-state index in [0.29, 0.717) is 13.8 Å². The molecule has 0 aromatic rings. The molecule has 0 saturated heterocycles. The van der Waals surface area contributed by atoms with Gasteiger partial charge in [-0.2, -0.15) is 26.3 Å². The second kappa shape index (κ2) is 14.3. The molecule has 4 bridgehead atoms. The van der Waals surface area contributed by atoms with Gasteiger partial charge in [0.05, 0.1) is 40.7 Å². The first-order valence-corrected chi connectivity index (χ1v) is 19.0. The molecular formula is C40H64F6O10. The van der Waals surface area contributed by atoms with E-state index >= 15 is 0 Å². The molecule has 0 spiro atoms. The van der Waals surface area contributed by atoms with E-state index in [9.17, 15) is 51.3 Å². The molecule has 0 amide bonds. The number of esters is 2. The molecule has 4 aliphatic rings. The maximum atomic E-state index is 14.2. The highest BCUT2D eigenvalue weighted by Crippen LogP contribution is 2.79. The first kappa shape index (κ1) is 48.4. The van der Waals surface area contributed by atoms with Crippen LogP contribution in [-0.2, 0) is 33.3 Å². The lowest BCUT2D eigenvalue weighted by atomic mass is 9.31. The molecule has 4 fully saturated rings. The van der Waals surface area contributed by atoms with Crippen LogP contribution in [0.4, 0.5) is 26.3 Å². The topological polar surface area (TPSA) is 141 Å². The van der Waals surface area contributed by atoms with Crippen molar-refractivity contribution in [1.82, 2.24) is 0 Å². The van der Waals surface area contributed by atoms with Crippen molar-refractivity contribution in [3.8, 4) is 0 Å². The van der Waals surface area contributed by atoms with Crippen LogP contribution in [0.25, 0.3) is 0 Å². The van der Waals surface area contributed by atoms with Gasteiger partial charge in [-0.25, -0.2) is 9.59 Å². The van der Waals surface area contributed by atoms with Gasteiger partial charge in [0.1, 0.15) is 5.60 Å². The van der Waals surface area contributed by atoms with Gasteiger partial charge in [-0.1, -0.05) is 6.58 Å². The molecule has 56 heavy (non-hydrogen) atoms. The third-order valence-electron chi connectivity index (χ3n) is 14.0. The number of carbonyl (C=O) groups excluding carboxylic acids is 2. The summed E-state index contributed by atoms with van der Waals surface area (Å²) in [5, 5.41) is 32.4. The number of aliphatic hydroxyl groups is 3. The third kappa shape index (κ3) is 8.53. The van der Waals surface area contributed by atoms with Crippen LogP contribution in [0.2, 0.25) is 0 Å². The summed E-state index contributed by atoms with van der Waals surface area (Å²) in [6, 6.07) is 0. The minimum Gasteiger partial charge on any atom is -0.456 e. The number of ether oxygens (including phenoxy) is 5. The second-order valence-corrected chi connectivity index (χ2v) is 19.7. The van der Waals surface area contributed by atoms with Gasteiger partial charge in [0.15, 0.2) is 17.8 Å². The van der Waals surface area contributed by atoms with Crippen LogP contribution in [0.15, 0.2) is 12.2 Å². The molecule has 0 heterocycles. The maximum absolute atomic E-state index is 14.2. The number of hydrogen-bond donors (Lipinski definition) is 3. The Kier molecular flexibility index (Phi) is 12.4. The van der Waals surface area contributed by atoms with Crippen LogP contribution < -0.4 is 0 Å². The largest absolute Gasteiger partial charge is 0.456 e. The average Bonchev–Trinajstić information content (AvgIpc) is 2.96. The molecule has 10 nitrogen and oxygen atoms in total. The molecule has 0 aromatic carbocycles. The Bertz CT molecular complexity index is 1440. The average molecular weight is 819 g/mol. The summed E-state index contributed by atoms with van der Waals surface area (Å²) in [6.07, 6.45) is -14.1. The van der Waals surface area contributed by atoms with Gasteiger partial charge in [0.25, 0.3) is 0 Å². The van der Waals surface area contributed by atoms with Crippen molar-refractivity contribution in [2.75, 3.05) is 6.61 Å². The lowest BCUT2D eigenvalue weighted by Crippen LogP contribution is -2.77. The molecule has 4 aliphatic carbocycles. The predicted molar refractivity (Wildman–Crippen MR) is 193 cm³/mol. The molecule has 16 heteroatoms. The molecule has 0 aromatic heterocycles. The molecular weight excluding hydrogens is 754 g/mol. The van der Waals surface area contributed by atoms with E-state index in [-0.39, 0.29) is 44.1 Å².